The van der Waals surface area contributed by atoms with Crippen molar-refractivity contribution in [2.45, 2.75) is 32.4 Å². The second kappa shape index (κ2) is 6.76. The van der Waals surface area contributed by atoms with Crippen LogP contribution in [0.4, 0.5) is 4.39 Å². The minimum Gasteiger partial charge on any atom is -0.375 e. The van der Waals surface area contributed by atoms with Crippen molar-refractivity contribution in [2.24, 2.45) is 0 Å². The van der Waals surface area contributed by atoms with Gasteiger partial charge in [-0.3, -0.25) is 4.79 Å². The first-order valence-electron chi connectivity index (χ1n) is 7.64. The summed E-state index contributed by atoms with van der Waals surface area (Å²) in [5.74, 6) is -0.227. The van der Waals surface area contributed by atoms with Gasteiger partial charge in [-0.1, -0.05) is 12.1 Å². The van der Waals surface area contributed by atoms with Crippen molar-refractivity contribution >= 4 is 17.2 Å². The van der Waals surface area contributed by atoms with Crippen molar-refractivity contribution in [3.63, 3.8) is 0 Å². The lowest BCUT2D eigenvalue weighted by molar-refractivity contribution is -0.142. The molecule has 0 bridgehead atoms. The summed E-state index contributed by atoms with van der Waals surface area (Å²) >= 11 is 1.43. The Bertz CT molecular complexity index is 703. The molecule has 1 amide bonds. The fraction of sp³-hybridized carbons (Fsp3) is 0.412. The van der Waals surface area contributed by atoms with Crippen LogP contribution >= 0.6 is 11.3 Å². The Kier molecular flexibility index (Phi) is 4.73. The molecule has 1 saturated heterocycles. The predicted octanol–water partition coefficient (Wildman–Crippen LogP) is 3.13. The SMILES string of the molecule is CC1CN(C(=O)Cc2csc(-c3cccc(F)c3)n2)C(C)CO1. The Morgan fingerprint density at radius 3 is 3.09 bits per heavy atom. The number of aromatic nitrogens is 1. The molecule has 2 atom stereocenters. The molecule has 2 aromatic rings. The van der Waals surface area contributed by atoms with Gasteiger partial charge in [-0.2, -0.15) is 0 Å². The normalized spacial score (nSPS) is 21.4. The maximum absolute atomic E-state index is 13.3. The standard InChI is InChI=1S/C17H19FN2O2S/c1-11-9-22-12(2)8-20(11)16(21)7-15-10-23-17(19-15)13-4-3-5-14(18)6-13/h3-6,10-12H,7-9H2,1-2H3. The minimum absolute atomic E-state index is 0.0590. The first kappa shape index (κ1) is 16.1. The number of nitrogens with zero attached hydrogens (tertiary/aromatic N) is 2. The van der Waals surface area contributed by atoms with Crippen LogP contribution in [-0.4, -0.2) is 41.1 Å². The van der Waals surface area contributed by atoms with Gasteiger partial charge in [0.15, 0.2) is 0 Å². The summed E-state index contributed by atoms with van der Waals surface area (Å²) in [4.78, 5) is 18.8. The van der Waals surface area contributed by atoms with E-state index in [0.717, 1.165) is 16.3 Å². The Balaban J connectivity index is 1.70. The van der Waals surface area contributed by atoms with Gasteiger partial charge in [0.1, 0.15) is 10.8 Å². The number of carbonyl (C=O) groups excluding carboxylic acids is 1. The number of rotatable bonds is 3. The Morgan fingerprint density at radius 2 is 2.30 bits per heavy atom. The van der Waals surface area contributed by atoms with E-state index in [1.165, 1.54) is 23.5 Å². The smallest absolute Gasteiger partial charge is 0.229 e. The summed E-state index contributed by atoms with van der Waals surface area (Å²) in [6, 6.07) is 6.42. The lowest BCUT2D eigenvalue weighted by atomic mass is 10.1. The molecule has 1 aromatic heterocycles. The number of thiazole rings is 1. The third-order valence-electron chi connectivity index (χ3n) is 3.88. The molecular weight excluding hydrogens is 315 g/mol. The molecule has 0 spiro atoms. The molecular formula is C17H19FN2O2S. The van der Waals surface area contributed by atoms with Crippen LogP contribution in [0.2, 0.25) is 0 Å². The summed E-state index contributed by atoms with van der Waals surface area (Å²) in [6.07, 6.45) is 0.330. The second-order valence-corrected chi connectivity index (χ2v) is 6.73. The monoisotopic (exact) mass is 334 g/mol. The van der Waals surface area contributed by atoms with Gasteiger partial charge in [0.25, 0.3) is 0 Å². The maximum atomic E-state index is 13.3. The van der Waals surface area contributed by atoms with Gasteiger partial charge < -0.3 is 9.64 Å². The molecule has 1 aromatic carbocycles. The largest absolute Gasteiger partial charge is 0.375 e. The fourth-order valence-corrected chi connectivity index (χ4v) is 3.47. The maximum Gasteiger partial charge on any atom is 0.229 e. The van der Waals surface area contributed by atoms with Crippen molar-refractivity contribution in [3.8, 4) is 10.6 Å². The highest BCUT2D eigenvalue weighted by Crippen LogP contribution is 2.25. The molecule has 122 valence electrons. The van der Waals surface area contributed by atoms with Gasteiger partial charge in [0.05, 0.1) is 30.9 Å². The quantitative estimate of drug-likeness (QED) is 0.866. The third kappa shape index (κ3) is 3.76. The molecule has 0 aliphatic carbocycles. The molecule has 2 heterocycles. The minimum atomic E-state index is -0.286. The molecule has 1 aliphatic rings. The average molecular weight is 334 g/mol. The number of morpholine rings is 1. The lowest BCUT2D eigenvalue weighted by Gasteiger charge is -2.36. The summed E-state index contributed by atoms with van der Waals surface area (Å²) in [5.41, 5.74) is 1.47. The van der Waals surface area contributed by atoms with Crippen LogP contribution in [0.25, 0.3) is 10.6 Å². The van der Waals surface area contributed by atoms with E-state index < -0.39 is 0 Å². The number of hydrogen-bond acceptors (Lipinski definition) is 4. The van der Waals surface area contributed by atoms with Crippen LogP contribution in [0.5, 0.6) is 0 Å². The van der Waals surface area contributed by atoms with E-state index >= 15 is 0 Å². The summed E-state index contributed by atoms with van der Waals surface area (Å²) < 4.78 is 18.8. The molecule has 0 radical (unpaired) electrons. The molecule has 1 fully saturated rings. The topological polar surface area (TPSA) is 42.4 Å². The first-order valence-corrected chi connectivity index (χ1v) is 8.52. The van der Waals surface area contributed by atoms with Crippen LogP contribution in [0.3, 0.4) is 0 Å². The molecule has 0 saturated carbocycles. The van der Waals surface area contributed by atoms with Crippen LogP contribution in [0.15, 0.2) is 29.6 Å². The van der Waals surface area contributed by atoms with E-state index in [2.05, 4.69) is 4.98 Å². The van der Waals surface area contributed by atoms with E-state index in [1.807, 2.05) is 30.2 Å². The zero-order valence-electron chi connectivity index (χ0n) is 13.2. The van der Waals surface area contributed by atoms with E-state index in [1.54, 1.807) is 6.07 Å². The number of benzene rings is 1. The highest BCUT2D eigenvalue weighted by molar-refractivity contribution is 7.13. The number of ether oxygens (including phenoxy) is 1. The summed E-state index contributed by atoms with van der Waals surface area (Å²) in [5, 5.41) is 2.60. The molecule has 0 N–H and O–H groups in total. The Morgan fingerprint density at radius 1 is 1.48 bits per heavy atom. The molecule has 2 unspecified atom stereocenters. The van der Waals surface area contributed by atoms with Crippen molar-refractivity contribution in [2.75, 3.05) is 13.2 Å². The van der Waals surface area contributed by atoms with E-state index in [9.17, 15) is 9.18 Å². The zero-order valence-corrected chi connectivity index (χ0v) is 14.0. The number of hydrogen-bond donors (Lipinski definition) is 0. The van der Waals surface area contributed by atoms with Gasteiger partial charge in [-0.15, -0.1) is 11.3 Å². The number of amides is 1. The van der Waals surface area contributed by atoms with Gasteiger partial charge in [0.2, 0.25) is 5.91 Å². The zero-order chi connectivity index (χ0) is 16.4. The van der Waals surface area contributed by atoms with Gasteiger partial charge >= 0.3 is 0 Å². The summed E-state index contributed by atoms with van der Waals surface area (Å²) in [6.45, 7) is 5.14. The average Bonchev–Trinajstić information content (AvgIpc) is 2.98. The molecule has 23 heavy (non-hydrogen) atoms. The van der Waals surface area contributed by atoms with E-state index in [0.29, 0.717) is 13.2 Å². The van der Waals surface area contributed by atoms with Gasteiger partial charge in [-0.05, 0) is 26.0 Å². The van der Waals surface area contributed by atoms with Crippen LogP contribution in [0, 0.1) is 5.82 Å². The number of carbonyl (C=O) groups is 1. The van der Waals surface area contributed by atoms with E-state index in [-0.39, 0.29) is 30.3 Å². The van der Waals surface area contributed by atoms with Crippen LogP contribution in [0.1, 0.15) is 19.5 Å². The second-order valence-electron chi connectivity index (χ2n) is 5.87. The summed E-state index contributed by atoms with van der Waals surface area (Å²) in [7, 11) is 0. The highest BCUT2D eigenvalue weighted by atomic mass is 32.1. The van der Waals surface area contributed by atoms with Crippen molar-refractivity contribution in [1.29, 1.82) is 0 Å². The third-order valence-corrected chi connectivity index (χ3v) is 4.82. The number of halogens is 1. The van der Waals surface area contributed by atoms with Crippen molar-refractivity contribution < 1.29 is 13.9 Å². The highest BCUT2D eigenvalue weighted by Gasteiger charge is 2.27. The van der Waals surface area contributed by atoms with E-state index in [4.69, 9.17) is 4.74 Å². The van der Waals surface area contributed by atoms with Gasteiger partial charge in [0, 0.05) is 17.5 Å². The van der Waals surface area contributed by atoms with Crippen molar-refractivity contribution in [1.82, 2.24) is 9.88 Å². The lowest BCUT2D eigenvalue weighted by Crippen LogP contribution is -2.50. The molecule has 6 heteroatoms. The predicted molar refractivity (Wildman–Crippen MR) is 87.8 cm³/mol. The van der Waals surface area contributed by atoms with Crippen LogP contribution < -0.4 is 0 Å². The molecule has 1 aliphatic heterocycles. The molecule has 4 nitrogen and oxygen atoms in total. The Labute approximate surface area is 138 Å². The Hall–Kier alpha value is -1.79. The van der Waals surface area contributed by atoms with Crippen LogP contribution in [-0.2, 0) is 16.0 Å². The molecule has 3 rings (SSSR count). The first-order chi connectivity index (χ1) is 11.0. The van der Waals surface area contributed by atoms with Gasteiger partial charge in [-0.25, -0.2) is 9.37 Å². The van der Waals surface area contributed by atoms with Crippen molar-refractivity contribution in [3.05, 3.63) is 41.2 Å². The fourth-order valence-electron chi connectivity index (χ4n) is 2.65.